The normalized spacial score (nSPS) is 10.9. The maximum Gasteiger partial charge on any atom is 0.226 e. The van der Waals surface area contributed by atoms with Crippen molar-refractivity contribution in [3.8, 4) is 11.6 Å². The lowest BCUT2D eigenvalue weighted by Crippen LogP contribution is -1.96. The molecule has 1 heterocycles. The molecule has 17 heavy (non-hydrogen) atoms. The lowest BCUT2D eigenvalue weighted by Gasteiger charge is -2.06. The van der Waals surface area contributed by atoms with Gasteiger partial charge in [0.25, 0.3) is 0 Å². The molecule has 0 saturated heterocycles. The van der Waals surface area contributed by atoms with Gasteiger partial charge in [-0.25, -0.2) is 4.68 Å². The van der Waals surface area contributed by atoms with Gasteiger partial charge in [-0.1, -0.05) is 16.8 Å². The summed E-state index contributed by atoms with van der Waals surface area (Å²) in [6.45, 7) is 0. The van der Waals surface area contributed by atoms with Crippen molar-refractivity contribution in [1.29, 1.82) is 0 Å². The summed E-state index contributed by atoms with van der Waals surface area (Å²) in [5.41, 5.74) is 0.588. The van der Waals surface area contributed by atoms with E-state index in [0.29, 0.717) is 22.2 Å². The van der Waals surface area contributed by atoms with Gasteiger partial charge in [0.05, 0.1) is 18.0 Å². The van der Waals surface area contributed by atoms with E-state index in [0.717, 1.165) is 0 Å². The van der Waals surface area contributed by atoms with E-state index in [1.807, 2.05) is 0 Å². The van der Waals surface area contributed by atoms with Gasteiger partial charge in [-0.3, -0.25) is 0 Å². The third-order valence-corrected chi connectivity index (χ3v) is 2.39. The largest absolute Gasteiger partial charge is 0.439 e. The van der Waals surface area contributed by atoms with Crippen molar-refractivity contribution in [3.05, 3.63) is 41.0 Å². The molecule has 0 spiro atoms. The molecule has 1 N–H and O–H groups in total. The van der Waals surface area contributed by atoms with Gasteiger partial charge >= 0.3 is 0 Å². The second-order valence-electron chi connectivity index (χ2n) is 3.33. The highest BCUT2D eigenvalue weighted by Gasteiger charge is 2.09. The standard InChI is InChI=1S/C11H10ClN3O2/c1-15-11(8(6-13-15)7-14-16)17-10-4-2-9(12)3-5-10/h2-7,16H,1H3/b14-7+. The molecule has 5 nitrogen and oxygen atoms in total. The second-order valence-corrected chi connectivity index (χ2v) is 3.77. The summed E-state index contributed by atoms with van der Waals surface area (Å²) in [5.74, 6) is 1.12. The predicted molar refractivity (Wildman–Crippen MR) is 64.1 cm³/mol. The molecule has 0 atom stereocenters. The molecule has 0 aliphatic carbocycles. The number of halogens is 1. The van der Waals surface area contributed by atoms with Gasteiger partial charge in [0.1, 0.15) is 5.75 Å². The number of rotatable bonds is 3. The molecule has 2 rings (SSSR count). The van der Waals surface area contributed by atoms with Crippen LogP contribution in [0.3, 0.4) is 0 Å². The molecular formula is C11H10ClN3O2. The first-order valence-electron chi connectivity index (χ1n) is 4.83. The van der Waals surface area contributed by atoms with Gasteiger partial charge in [-0.2, -0.15) is 5.10 Å². The van der Waals surface area contributed by atoms with E-state index in [4.69, 9.17) is 21.5 Å². The van der Waals surface area contributed by atoms with Gasteiger partial charge in [0.15, 0.2) is 0 Å². The zero-order valence-corrected chi connectivity index (χ0v) is 9.80. The van der Waals surface area contributed by atoms with Crippen LogP contribution >= 0.6 is 11.6 Å². The van der Waals surface area contributed by atoms with Crippen molar-refractivity contribution < 1.29 is 9.94 Å². The molecule has 0 aliphatic rings. The van der Waals surface area contributed by atoms with E-state index in [1.165, 1.54) is 6.21 Å². The Labute approximate surface area is 103 Å². The minimum Gasteiger partial charge on any atom is -0.439 e. The average molecular weight is 252 g/mol. The first kappa shape index (κ1) is 11.5. The molecule has 88 valence electrons. The number of hydrogen-bond acceptors (Lipinski definition) is 4. The zero-order chi connectivity index (χ0) is 12.3. The Morgan fingerprint density at radius 1 is 1.41 bits per heavy atom. The SMILES string of the molecule is Cn1ncc(/C=N/O)c1Oc1ccc(Cl)cc1. The van der Waals surface area contributed by atoms with E-state index in [9.17, 15) is 0 Å². The third kappa shape index (κ3) is 2.57. The fourth-order valence-electron chi connectivity index (χ4n) is 1.33. The molecule has 0 fully saturated rings. The van der Waals surface area contributed by atoms with Crippen LogP contribution < -0.4 is 4.74 Å². The van der Waals surface area contributed by atoms with Crippen molar-refractivity contribution in [1.82, 2.24) is 9.78 Å². The lowest BCUT2D eigenvalue weighted by atomic mass is 10.3. The van der Waals surface area contributed by atoms with Crippen molar-refractivity contribution in [2.24, 2.45) is 12.2 Å². The van der Waals surface area contributed by atoms with E-state index in [1.54, 1.807) is 42.2 Å². The highest BCUT2D eigenvalue weighted by Crippen LogP contribution is 2.24. The van der Waals surface area contributed by atoms with Crippen molar-refractivity contribution >= 4 is 17.8 Å². The smallest absolute Gasteiger partial charge is 0.226 e. The van der Waals surface area contributed by atoms with Crippen LogP contribution in [0.4, 0.5) is 0 Å². The summed E-state index contributed by atoms with van der Waals surface area (Å²) in [4.78, 5) is 0. The predicted octanol–water partition coefficient (Wildman–Crippen LogP) is 2.67. The van der Waals surface area contributed by atoms with Crippen LogP contribution in [-0.4, -0.2) is 21.2 Å². The maximum atomic E-state index is 8.52. The fourth-order valence-corrected chi connectivity index (χ4v) is 1.46. The molecule has 2 aromatic rings. The summed E-state index contributed by atoms with van der Waals surface area (Å²) in [6.07, 6.45) is 2.81. The van der Waals surface area contributed by atoms with E-state index in [2.05, 4.69) is 10.3 Å². The molecule has 0 aliphatic heterocycles. The Kier molecular flexibility index (Phi) is 3.30. The minimum absolute atomic E-state index is 0.491. The monoisotopic (exact) mass is 251 g/mol. The highest BCUT2D eigenvalue weighted by molar-refractivity contribution is 6.30. The van der Waals surface area contributed by atoms with E-state index < -0.39 is 0 Å². The van der Waals surface area contributed by atoms with Crippen molar-refractivity contribution in [2.75, 3.05) is 0 Å². The number of oxime groups is 1. The second kappa shape index (κ2) is 4.88. The summed E-state index contributed by atoms with van der Waals surface area (Å²) >= 11 is 5.78. The Bertz CT molecular complexity index is 534. The molecule has 0 bridgehead atoms. The van der Waals surface area contributed by atoms with Gasteiger partial charge in [0.2, 0.25) is 5.88 Å². The van der Waals surface area contributed by atoms with Crippen LogP contribution in [-0.2, 0) is 7.05 Å². The summed E-state index contributed by atoms with van der Waals surface area (Å²) in [6, 6.07) is 6.95. The number of hydrogen-bond donors (Lipinski definition) is 1. The Balaban J connectivity index is 2.29. The van der Waals surface area contributed by atoms with Crippen LogP contribution in [0.1, 0.15) is 5.56 Å². The highest BCUT2D eigenvalue weighted by atomic mass is 35.5. The number of nitrogens with zero attached hydrogens (tertiary/aromatic N) is 3. The molecular weight excluding hydrogens is 242 g/mol. The number of aromatic nitrogens is 2. The zero-order valence-electron chi connectivity index (χ0n) is 9.04. The molecule has 0 amide bonds. The molecule has 6 heteroatoms. The van der Waals surface area contributed by atoms with E-state index in [-0.39, 0.29) is 0 Å². The van der Waals surface area contributed by atoms with Gasteiger partial charge in [-0.15, -0.1) is 0 Å². The van der Waals surface area contributed by atoms with Crippen LogP contribution in [0.2, 0.25) is 5.02 Å². The molecule has 0 radical (unpaired) electrons. The minimum atomic E-state index is 0.491. The van der Waals surface area contributed by atoms with Crippen molar-refractivity contribution in [2.45, 2.75) is 0 Å². The first-order valence-corrected chi connectivity index (χ1v) is 5.21. The first-order chi connectivity index (χ1) is 8.20. The fraction of sp³-hybridized carbons (Fsp3) is 0.0909. The molecule has 1 aromatic carbocycles. The molecule has 1 aromatic heterocycles. The summed E-state index contributed by atoms with van der Waals surface area (Å²) in [5, 5.41) is 16.1. The average Bonchev–Trinajstić information content (AvgIpc) is 2.65. The lowest BCUT2D eigenvalue weighted by molar-refractivity contribution is 0.321. The van der Waals surface area contributed by atoms with Crippen LogP contribution in [0.15, 0.2) is 35.6 Å². The van der Waals surface area contributed by atoms with Gasteiger partial charge in [-0.05, 0) is 24.3 Å². The summed E-state index contributed by atoms with van der Waals surface area (Å²) in [7, 11) is 1.74. The van der Waals surface area contributed by atoms with Crippen LogP contribution in [0.5, 0.6) is 11.6 Å². The quantitative estimate of drug-likeness (QED) is 0.518. The summed E-state index contributed by atoms with van der Waals surface area (Å²) < 4.78 is 7.17. The van der Waals surface area contributed by atoms with Crippen molar-refractivity contribution in [3.63, 3.8) is 0 Å². The maximum absolute atomic E-state index is 8.52. The number of benzene rings is 1. The molecule has 0 saturated carbocycles. The van der Waals surface area contributed by atoms with E-state index >= 15 is 0 Å². The van der Waals surface area contributed by atoms with Gasteiger partial charge in [0, 0.05) is 12.1 Å². The third-order valence-electron chi connectivity index (χ3n) is 2.14. The topological polar surface area (TPSA) is 59.6 Å². The number of ether oxygens (including phenoxy) is 1. The Morgan fingerprint density at radius 2 is 2.12 bits per heavy atom. The Morgan fingerprint density at radius 3 is 2.76 bits per heavy atom. The van der Waals surface area contributed by atoms with Crippen LogP contribution in [0.25, 0.3) is 0 Å². The number of aryl methyl sites for hydroxylation is 1. The molecule has 0 unspecified atom stereocenters. The van der Waals surface area contributed by atoms with Gasteiger partial charge < -0.3 is 9.94 Å². The van der Waals surface area contributed by atoms with Crippen LogP contribution in [0, 0.1) is 0 Å². The Hall–Kier alpha value is -2.01.